The summed E-state index contributed by atoms with van der Waals surface area (Å²) in [5.41, 5.74) is 10.9. The summed E-state index contributed by atoms with van der Waals surface area (Å²) >= 11 is 0. The van der Waals surface area contributed by atoms with Crippen molar-refractivity contribution in [3.8, 4) is 44.5 Å². The van der Waals surface area contributed by atoms with Gasteiger partial charge in [0.05, 0.1) is 5.41 Å². The summed E-state index contributed by atoms with van der Waals surface area (Å²) in [5.74, 6) is 0. The highest BCUT2D eigenvalue weighted by atomic mass is 16.3. The second-order valence-electron chi connectivity index (χ2n) is 20.3. The van der Waals surface area contributed by atoms with E-state index >= 15 is 0 Å². The van der Waals surface area contributed by atoms with Crippen LogP contribution in [0.4, 0.5) is 17.1 Å². The van der Waals surface area contributed by atoms with Crippen molar-refractivity contribution in [2.45, 2.75) is 5.41 Å². The molecule has 1 aliphatic rings. The molecule has 1 aliphatic carbocycles. The van der Waals surface area contributed by atoms with Gasteiger partial charge in [0.25, 0.3) is 0 Å². The molecule has 2 nitrogen and oxygen atoms in total. The lowest BCUT2D eigenvalue weighted by atomic mass is 9.55. The van der Waals surface area contributed by atoms with E-state index in [9.17, 15) is 0 Å². The second-order valence-corrected chi connectivity index (χ2v) is 20.3. The number of rotatable bonds is 8. The molecular formula is C65H30B13NO. The zero-order valence-electron chi connectivity index (χ0n) is 43.2. The van der Waals surface area contributed by atoms with E-state index in [1.165, 1.54) is 0 Å². The standard InChI is InChI=1S/C65H30B13NO/c66-50-46(48-54(70)58(74)60(76)59(75)55(48)71)51(67)53(69)47(52(50)68)49-56(72)61(77)63(62(78)57(49)73)79(35-19-11-14-32(29-35)37-22-12-24-44-45(37)41-27-25-31-13-7-8-20-38(31)64(41)80-44)36-26-28-40-39-21-9-10-23-42(39)65(43(40)30-36,33-15-3-1-4-16-33)34-17-5-2-6-18-34/h1-30H. The fourth-order valence-corrected chi connectivity index (χ4v) is 12.4. The first kappa shape index (κ1) is 51.6. The minimum atomic E-state index is -0.765. The van der Waals surface area contributed by atoms with E-state index in [-0.39, 0.29) is 93.3 Å². The van der Waals surface area contributed by atoms with Gasteiger partial charge in [-0.1, -0.05) is 200 Å². The fourth-order valence-electron chi connectivity index (χ4n) is 12.4. The predicted octanol–water partition coefficient (Wildman–Crippen LogP) is 1.89. The van der Waals surface area contributed by atoms with E-state index in [4.69, 9.17) is 106 Å². The Kier molecular flexibility index (Phi) is 12.5. The van der Waals surface area contributed by atoms with Crippen molar-refractivity contribution in [3.63, 3.8) is 0 Å². The van der Waals surface area contributed by atoms with Crippen LogP contribution in [0.3, 0.4) is 0 Å². The maximum absolute atomic E-state index is 7.45. The molecule has 13 rings (SSSR count). The molecule has 80 heavy (non-hydrogen) atoms. The Labute approximate surface area is 483 Å². The van der Waals surface area contributed by atoms with E-state index in [0.29, 0.717) is 17.1 Å². The zero-order chi connectivity index (χ0) is 55.6. The van der Waals surface area contributed by atoms with Gasteiger partial charge in [-0.3, -0.25) is 0 Å². The van der Waals surface area contributed by atoms with Crippen LogP contribution in [0.15, 0.2) is 186 Å². The van der Waals surface area contributed by atoms with Gasteiger partial charge in [-0.2, -0.15) is 0 Å². The smallest absolute Gasteiger partial charge is 0.143 e. The van der Waals surface area contributed by atoms with E-state index in [2.05, 4.69) is 133 Å². The summed E-state index contributed by atoms with van der Waals surface area (Å²) in [6.45, 7) is 0. The summed E-state index contributed by atoms with van der Waals surface area (Å²) < 4.78 is 6.67. The molecule has 11 aromatic carbocycles. The molecule has 0 saturated heterocycles. The van der Waals surface area contributed by atoms with Gasteiger partial charge in [0.1, 0.15) is 113 Å². The van der Waals surface area contributed by atoms with Crippen LogP contribution in [-0.4, -0.2) is 102 Å². The van der Waals surface area contributed by atoms with Crippen LogP contribution in [0, 0.1) is 0 Å². The summed E-state index contributed by atoms with van der Waals surface area (Å²) in [6, 6.07) is 62.8. The summed E-state index contributed by atoms with van der Waals surface area (Å²) in [7, 11) is 89.0. The van der Waals surface area contributed by atoms with E-state index in [0.717, 1.165) is 77.2 Å². The maximum atomic E-state index is 7.45. The van der Waals surface area contributed by atoms with Crippen LogP contribution in [-0.2, 0) is 5.41 Å². The van der Waals surface area contributed by atoms with Gasteiger partial charge >= 0.3 is 0 Å². The maximum Gasteiger partial charge on any atom is 0.143 e. The molecule has 0 amide bonds. The second kappa shape index (κ2) is 19.4. The van der Waals surface area contributed by atoms with Crippen molar-refractivity contribution in [2.24, 2.45) is 0 Å². The third-order valence-electron chi connectivity index (χ3n) is 16.2. The molecule has 0 bridgehead atoms. The molecule has 1 aromatic heterocycles. The van der Waals surface area contributed by atoms with Gasteiger partial charge in [0.2, 0.25) is 0 Å². The number of hydrogen-bond donors (Lipinski definition) is 0. The highest BCUT2D eigenvalue weighted by molar-refractivity contribution is 6.72. The number of furan rings is 1. The van der Waals surface area contributed by atoms with Crippen molar-refractivity contribution >= 4 is 223 Å². The molecule has 0 spiro atoms. The minimum absolute atomic E-state index is 0.000267. The molecule has 26 radical (unpaired) electrons. The van der Waals surface area contributed by atoms with Crippen molar-refractivity contribution in [3.05, 3.63) is 204 Å². The van der Waals surface area contributed by atoms with Crippen molar-refractivity contribution < 1.29 is 4.42 Å². The van der Waals surface area contributed by atoms with Crippen molar-refractivity contribution in [1.29, 1.82) is 0 Å². The predicted molar refractivity (Wildman–Crippen MR) is 350 cm³/mol. The number of fused-ring (bicyclic) bond motifs is 8. The van der Waals surface area contributed by atoms with E-state index < -0.39 is 5.41 Å². The van der Waals surface area contributed by atoms with Gasteiger partial charge in [0, 0.05) is 33.2 Å². The summed E-state index contributed by atoms with van der Waals surface area (Å²) in [4.78, 5) is 2.00. The zero-order valence-corrected chi connectivity index (χ0v) is 43.2. The van der Waals surface area contributed by atoms with E-state index in [1.807, 2.05) is 53.4 Å². The molecule has 0 fully saturated rings. The molecule has 15 heteroatoms. The van der Waals surface area contributed by atoms with Gasteiger partial charge in [-0.25, -0.2) is 0 Å². The van der Waals surface area contributed by atoms with Gasteiger partial charge in [-0.15, -0.1) is 16.4 Å². The van der Waals surface area contributed by atoms with Gasteiger partial charge in [-0.05, 0) is 109 Å². The molecular weight excluding hydrogens is 951 g/mol. The molecule has 340 valence electrons. The minimum Gasteiger partial charge on any atom is -0.455 e. The van der Waals surface area contributed by atoms with Gasteiger partial charge < -0.3 is 9.32 Å². The first-order valence-electron chi connectivity index (χ1n) is 25.8. The topological polar surface area (TPSA) is 16.4 Å². The average molecular weight is 982 g/mol. The largest absolute Gasteiger partial charge is 0.455 e. The Morgan fingerprint density at radius 3 is 1.41 bits per heavy atom. The van der Waals surface area contributed by atoms with Crippen molar-refractivity contribution in [1.82, 2.24) is 0 Å². The number of benzene rings is 11. The summed E-state index contributed by atoms with van der Waals surface area (Å²) in [5, 5.41) is 4.05. The van der Waals surface area contributed by atoms with Gasteiger partial charge in [0.15, 0.2) is 0 Å². The van der Waals surface area contributed by atoms with Crippen LogP contribution in [0.1, 0.15) is 22.3 Å². The highest BCUT2D eigenvalue weighted by Gasteiger charge is 2.46. The lowest BCUT2D eigenvalue weighted by Crippen LogP contribution is -2.57. The molecule has 0 N–H and O–H groups in total. The normalized spacial score (nSPS) is 12.5. The quantitative estimate of drug-likeness (QED) is 0.217. The lowest BCUT2D eigenvalue weighted by Gasteiger charge is -2.36. The monoisotopic (exact) mass is 983 g/mol. The molecule has 0 saturated carbocycles. The molecule has 1 heterocycles. The molecule has 0 unspecified atom stereocenters. The SMILES string of the molecule is [B]c1c([B])c([B])c(-c2c([B])c([B])c(-c3c([B])c([B])c(N(c4cccc(-c5cccc6oc7c8ccccc8ccc7c56)c4)c4ccc5c(c4)C(c4ccccc4)(c4ccccc4)c4ccccc4-5)c([B])c3[B])c([B])c2[B])c([B])c1[B]. The Morgan fingerprint density at radius 2 is 0.800 bits per heavy atom. The van der Waals surface area contributed by atoms with Crippen LogP contribution in [0.25, 0.3) is 77.2 Å². The Morgan fingerprint density at radius 1 is 0.325 bits per heavy atom. The molecule has 0 atom stereocenters. The first-order valence-corrected chi connectivity index (χ1v) is 25.8. The Balaban J connectivity index is 1.07. The Hall–Kier alpha value is -7.88. The lowest BCUT2D eigenvalue weighted by molar-refractivity contribution is 0.673. The highest BCUT2D eigenvalue weighted by Crippen LogP contribution is 2.57. The van der Waals surface area contributed by atoms with E-state index in [1.54, 1.807) is 0 Å². The number of nitrogens with zero attached hydrogens (tertiary/aromatic N) is 1. The molecule has 0 aliphatic heterocycles. The fraction of sp³-hybridized carbons (Fsp3) is 0.0154. The third-order valence-corrected chi connectivity index (χ3v) is 16.2. The van der Waals surface area contributed by atoms with Crippen LogP contribution in [0.5, 0.6) is 0 Å². The first-order chi connectivity index (χ1) is 38.6. The van der Waals surface area contributed by atoms with Crippen molar-refractivity contribution in [2.75, 3.05) is 4.90 Å². The van der Waals surface area contributed by atoms with Crippen LogP contribution >= 0.6 is 0 Å². The summed E-state index contributed by atoms with van der Waals surface area (Å²) in [6.07, 6.45) is 0. The number of anilines is 3. The average Bonchev–Trinajstić information content (AvgIpc) is 4.23. The van der Waals surface area contributed by atoms with Crippen LogP contribution in [0.2, 0.25) is 0 Å². The van der Waals surface area contributed by atoms with Crippen LogP contribution < -0.4 is 75.9 Å². The molecule has 12 aromatic rings. The third kappa shape index (κ3) is 7.45. The number of hydrogen-bond acceptors (Lipinski definition) is 2. The Bertz CT molecular complexity index is 4470.